The van der Waals surface area contributed by atoms with Gasteiger partial charge in [0.05, 0.1) is 16.5 Å². The molecule has 2 aromatic heterocycles. The summed E-state index contributed by atoms with van der Waals surface area (Å²) in [6, 6.07) is 11.4. The molecule has 5 nitrogen and oxygen atoms in total. The number of carbonyl (C=O) groups is 1. The van der Waals surface area contributed by atoms with Gasteiger partial charge in [-0.3, -0.25) is 9.78 Å². The van der Waals surface area contributed by atoms with Gasteiger partial charge in [-0.1, -0.05) is 12.1 Å². The predicted octanol–water partition coefficient (Wildman–Crippen LogP) is 3.42. The molecule has 4 rings (SSSR count). The van der Waals surface area contributed by atoms with Gasteiger partial charge in [0.15, 0.2) is 5.78 Å². The molecule has 4 aromatic rings. The highest BCUT2D eigenvalue weighted by Crippen LogP contribution is 2.24. The topological polar surface area (TPSA) is 80.4 Å². The Kier molecular flexibility index (Phi) is 3.32. The molecule has 122 valence electrons. The lowest BCUT2D eigenvalue weighted by atomic mass is 10.0. The number of phenolic OH excluding ortho intramolecular Hbond substituents is 1. The second kappa shape index (κ2) is 5.52. The summed E-state index contributed by atoms with van der Waals surface area (Å²) in [6.07, 6.45) is 1.29. The minimum Gasteiger partial charge on any atom is -0.507 e. The molecule has 0 spiro atoms. The number of pyridine rings is 1. The zero-order valence-corrected chi connectivity index (χ0v) is 12.7. The van der Waals surface area contributed by atoms with Gasteiger partial charge in [-0.2, -0.15) is 0 Å². The Bertz CT molecular complexity index is 1210. The number of para-hydroxylation sites is 1. The zero-order chi connectivity index (χ0) is 17.6. The molecular weight excluding hydrogens is 325 g/mol. The molecule has 0 aliphatic heterocycles. The van der Waals surface area contributed by atoms with Crippen molar-refractivity contribution in [2.24, 2.45) is 0 Å². The van der Waals surface area contributed by atoms with Crippen molar-refractivity contribution in [1.29, 1.82) is 0 Å². The Morgan fingerprint density at radius 3 is 2.72 bits per heavy atom. The van der Waals surface area contributed by atoms with E-state index in [0.717, 1.165) is 18.2 Å². The third kappa shape index (κ3) is 2.44. The van der Waals surface area contributed by atoms with E-state index in [1.54, 1.807) is 24.3 Å². The van der Waals surface area contributed by atoms with Crippen molar-refractivity contribution in [3.05, 3.63) is 82.1 Å². The quantitative estimate of drug-likeness (QED) is 0.345. The molecular formula is C19H10FNO4. The normalized spacial score (nSPS) is 11.1. The molecule has 1 N–H and O–H groups in total. The van der Waals surface area contributed by atoms with Crippen molar-refractivity contribution in [3.8, 4) is 5.75 Å². The predicted molar refractivity (Wildman–Crippen MR) is 89.3 cm³/mol. The van der Waals surface area contributed by atoms with Crippen LogP contribution < -0.4 is 5.63 Å². The summed E-state index contributed by atoms with van der Waals surface area (Å²) in [5, 5.41) is 10.6. The van der Waals surface area contributed by atoms with Crippen LogP contribution in [0.3, 0.4) is 0 Å². The van der Waals surface area contributed by atoms with Crippen LogP contribution in [0.5, 0.6) is 5.75 Å². The maximum absolute atomic E-state index is 13.4. The Morgan fingerprint density at radius 2 is 1.88 bits per heavy atom. The van der Waals surface area contributed by atoms with Crippen LogP contribution in [-0.2, 0) is 0 Å². The van der Waals surface area contributed by atoms with Gasteiger partial charge in [-0.05, 0) is 36.4 Å². The molecule has 2 aromatic carbocycles. The summed E-state index contributed by atoms with van der Waals surface area (Å²) in [5.74, 6) is -1.64. The minimum absolute atomic E-state index is 0.0518. The average Bonchev–Trinajstić information content (AvgIpc) is 2.63. The summed E-state index contributed by atoms with van der Waals surface area (Å²) in [5.41, 5.74) is 0.0304. The number of carbonyl (C=O) groups excluding carboxylic acids is 1. The molecule has 0 saturated heterocycles. The van der Waals surface area contributed by atoms with Gasteiger partial charge in [0.25, 0.3) is 0 Å². The first-order chi connectivity index (χ1) is 12.0. The summed E-state index contributed by atoms with van der Waals surface area (Å²) in [4.78, 5) is 28.9. The Balaban J connectivity index is 1.94. The van der Waals surface area contributed by atoms with Crippen molar-refractivity contribution in [2.45, 2.75) is 0 Å². The lowest BCUT2D eigenvalue weighted by Crippen LogP contribution is -2.07. The van der Waals surface area contributed by atoms with Crippen molar-refractivity contribution in [2.75, 3.05) is 0 Å². The number of halogens is 1. The van der Waals surface area contributed by atoms with Gasteiger partial charge in [-0.15, -0.1) is 0 Å². The number of hydrogen-bond donors (Lipinski definition) is 1. The van der Waals surface area contributed by atoms with Crippen LogP contribution in [0.15, 0.2) is 63.9 Å². The highest BCUT2D eigenvalue weighted by Gasteiger charge is 2.17. The lowest BCUT2D eigenvalue weighted by molar-refractivity contribution is 0.103. The molecule has 0 bridgehead atoms. The Labute approximate surface area is 140 Å². The lowest BCUT2D eigenvalue weighted by Gasteiger charge is -2.06. The fraction of sp³-hybridized carbons (Fsp3) is 0. The van der Waals surface area contributed by atoms with Crippen LogP contribution in [0, 0.1) is 5.82 Å². The van der Waals surface area contributed by atoms with E-state index in [2.05, 4.69) is 4.98 Å². The smallest absolute Gasteiger partial charge is 0.345 e. The summed E-state index contributed by atoms with van der Waals surface area (Å²) in [7, 11) is 0. The van der Waals surface area contributed by atoms with Crippen LogP contribution in [0.4, 0.5) is 4.39 Å². The highest BCUT2D eigenvalue weighted by molar-refractivity contribution is 6.12. The minimum atomic E-state index is -0.652. The van der Waals surface area contributed by atoms with E-state index >= 15 is 0 Å². The maximum atomic E-state index is 13.4. The van der Waals surface area contributed by atoms with E-state index in [0.29, 0.717) is 16.5 Å². The van der Waals surface area contributed by atoms with Crippen LogP contribution in [0.1, 0.15) is 15.9 Å². The molecule has 6 heteroatoms. The zero-order valence-electron chi connectivity index (χ0n) is 12.7. The van der Waals surface area contributed by atoms with Crippen LogP contribution in [0.25, 0.3) is 21.9 Å². The third-order valence-corrected chi connectivity index (χ3v) is 3.92. The fourth-order valence-electron chi connectivity index (χ4n) is 2.71. The first-order valence-corrected chi connectivity index (χ1v) is 7.39. The van der Waals surface area contributed by atoms with Crippen molar-refractivity contribution in [3.63, 3.8) is 0 Å². The molecule has 2 heterocycles. The van der Waals surface area contributed by atoms with Gasteiger partial charge in [0.1, 0.15) is 17.1 Å². The number of fused-ring (bicyclic) bond motifs is 3. The highest BCUT2D eigenvalue weighted by atomic mass is 19.1. The SMILES string of the molecule is O=C(c1cnc2c(c1)c(=O)oc1ccccc12)c1cc(F)ccc1O. The molecule has 0 amide bonds. The summed E-state index contributed by atoms with van der Waals surface area (Å²) in [6.45, 7) is 0. The van der Waals surface area contributed by atoms with Gasteiger partial charge in [0.2, 0.25) is 0 Å². The van der Waals surface area contributed by atoms with Crippen LogP contribution >= 0.6 is 0 Å². The van der Waals surface area contributed by atoms with Crippen LogP contribution in [0.2, 0.25) is 0 Å². The first-order valence-electron chi connectivity index (χ1n) is 7.39. The van der Waals surface area contributed by atoms with Gasteiger partial charge in [-0.25, -0.2) is 9.18 Å². The van der Waals surface area contributed by atoms with Crippen LogP contribution in [-0.4, -0.2) is 15.9 Å². The van der Waals surface area contributed by atoms with E-state index < -0.39 is 17.2 Å². The summed E-state index contributed by atoms with van der Waals surface area (Å²) >= 11 is 0. The second-order valence-electron chi connectivity index (χ2n) is 5.50. The second-order valence-corrected chi connectivity index (χ2v) is 5.50. The van der Waals surface area contributed by atoms with E-state index in [-0.39, 0.29) is 22.3 Å². The number of rotatable bonds is 2. The summed E-state index contributed by atoms with van der Waals surface area (Å²) < 4.78 is 18.6. The van der Waals surface area contributed by atoms with Gasteiger partial charge >= 0.3 is 5.63 Å². The number of benzene rings is 2. The third-order valence-electron chi connectivity index (χ3n) is 3.92. The monoisotopic (exact) mass is 335 g/mol. The maximum Gasteiger partial charge on any atom is 0.345 e. The van der Waals surface area contributed by atoms with Gasteiger partial charge < -0.3 is 9.52 Å². The van der Waals surface area contributed by atoms with Gasteiger partial charge in [0, 0.05) is 17.1 Å². The fourth-order valence-corrected chi connectivity index (χ4v) is 2.71. The Morgan fingerprint density at radius 1 is 1.08 bits per heavy atom. The molecule has 0 saturated carbocycles. The average molecular weight is 335 g/mol. The Hall–Kier alpha value is -3.54. The number of ketones is 1. The molecule has 0 fully saturated rings. The molecule has 25 heavy (non-hydrogen) atoms. The standard InChI is InChI=1S/C19H10FNO4/c20-11-5-6-15(22)13(8-11)18(23)10-7-14-17(21-9-10)12-3-1-2-4-16(12)25-19(14)24/h1-9,22H. The van der Waals surface area contributed by atoms with E-state index in [4.69, 9.17) is 4.42 Å². The number of phenols is 1. The van der Waals surface area contributed by atoms with E-state index in [1.807, 2.05) is 0 Å². The van der Waals surface area contributed by atoms with E-state index in [9.17, 15) is 19.1 Å². The molecule has 0 unspecified atom stereocenters. The number of aromatic hydroxyl groups is 1. The number of hydrogen-bond acceptors (Lipinski definition) is 5. The number of aromatic nitrogens is 1. The van der Waals surface area contributed by atoms with E-state index in [1.165, 1.54) is 12.3 Å². The molecule has 0 aliphatic rings. The van der Waals surface area contributed by atoms with Crippen molar-refractivity contribution < 1.29 is 18.7 Å². The molecule has 0 atom stereocenters. The van der Waals surface area contributed by atoms with Crippen molar-refractivity contribution in [1.82, 2.24) is 4.98 Å². The molecule has 0 radical (unpaired) electrons. The molecule has 0 aliphatic carbocycles. The first kappa shape index (κ1) is 15.0. The van der Waals surface area contributed by atoms with Crippen molar-refractivity contribution >= 4 is 27.7 Å². The largest absolute Gasteiger partial charge is 0.507 e. The number of nitrogens with zero attached hydrogens (tertiary/aromatic N) is 1.